The number of primary amides is 1. The third-order valence-corrected chi connectivity index (χ3v) is 3.84. The number of aliphatic hydroxyl groups excluding tert-OH is 1. The summed E-state index contributed by atoms with van der Waals surface area (Å²) in [5, 5.41) is 8.76. The number of unbranched alkanes of at least 4 members (excludes halogenated alkanes) is 1. The Morgan fingerprint density at radius 1 is 1.32 bits per heavy atom. The van der Waals surface area contributed by atoms with Crippen LogP contribution in [0.15, 0.2) is 24.3 Å². The van der Waals surface area contributed by atoms with E-state index in [-0.39, 0.29) is 12.0 Å². The van der Waals surface area contributed by atoms with Crippen LogP contribution in [0.3, 0.4) is 0 Å². The highest BCUT2D eigenvalue weighted by molar-refractivity contribution is 5.65. The standard InChI is InChI=1S/C18H25NO3/c1-17(2,3)18(4,22-16(19)21)15-11-8-10-14(13-15)9-6-5-7-12-20/h8,10-11,13,20H,5,7,12H2,1-4H3,(H2,19,21). The predicted octanol–water partition coefficient (Wildman–Crippen LogP) is 3.17. The highest BCUT2D eigenvalue weighted by Gasteiger charge is 2.42. The van der Waals surface area contributed by atoms with E-state index in [1.54, 1.807) is 0 Å². The second-order valence-electron chi connectivity index (χ2n) is 6.41. The molecule has 0 radical (unpaired) electrons. The topological polar surface area (TPSA) is 72.5 Å². The smallest absolute Gasteiger partial charge is 0.405 e. The minimum absolute atomic E-state index is 0.142. The molecule has 0 saturated carbocycles. The van der Waals surface area contributed by atoms with Gasteiger partial charge in [0, 0.05) is 24.0 Å². The molecular formula is C18H25NO3. The first kappa shape index (κ1) is 18.1. The minimum Gasteiger partial charge on any atom is -0.438 e. The van der Waals surface area contributed by atoms with Gasteiger partial charge >= 0.3 is 6.09 Å². The van der Waals surface area contributed by atoms with Gasteiger partial charge in [-0.05, 0) is 31.0 Å². The van der Waals surface area contributed by atoms with Crippen molar-refractivity contribution in [3.63, 3.8) is 0 Å². The zero-order valence-corrected chi connectivity index (χ0v) is 13.8. The Hall–Kier alpha value is -1.99. The number of benzene rings is 1. The van der Waals surface area contributed by atoms with Gasteiger partial charge < -0.3 is 15.6 Å². The maximum Gasteiger partial charge on any atom is 0.405 e. The van der Waals surface area contributed by atoms with Gasteiger partial charge in [-0.15, -0.1) is 0 Å². The average Bonchev–Trinajstić information content (AvgIpc) is 2.42. The van der Waals surface area contributed by atoms with E-state index in [0.717, 1.165) is 11.1 Å². The van der Waals surface area contributed by atoms with E-state index < -0.39 is 11.7 Å². The van der Waals surface area contributed by atoms with Crippen LogP contribution in [-0.2, 0) is 10.3 Å². The fraction of sp³-hybridized carbons (Fsp3) is 0.500. The zero-order chi connectivity index (χ0) is 16.8. The maximum atomic E-state index is 11.3. The third kappa shape index (κ3) is 4.51. The molecule has 0 saturated heterocycles. The molecule has 1 amide bonds. The normalized spacial score (nSPS) is 13.7. The van der Waals surface area contributed by atoms with Crippen LogP contribution in [0.4, 0.5) is 4.79 Å². The van der Waals surface area contributed by atoms with Gasteiger partial charge in [-0.3, -0.25) is 0 Å². The monoisotopic (exact) mass is 303 g/mol. The molecule has 1 atom stereocenters. The Kier molecular flexibility index (Phi) is 6.01. The number of aliphatic hydroxyl groups is 1. The number of amides is 1. The molecule has 1 rings (SSSR count). The first-order chi connectivity index (χ1) is 10.2. The second-order valence-corrected chi connectivity index (χ2v) is 6.41. The van der Waals surface area contributed by atoms with Crippen LogP contribution in [0.1, 0.15) is 51.7 Å². The Morgan fingerprint density at radius 2 is 2.00 bits per heavy atom. The fourth-order valence-electron chi connectivity index (χ4n) is 2.07. The molecule has 0 aliphatic heterocycles. The van der Waals surface area contributed by atoms with Gasteiger partial charge in [0.2, 0.25) is 0 Å². The van der Waals surface area contributed by atoms with Crippen LogP contribution in [0.5, 0.6) is 0 Å². The molecule has 1 unspecified atom stereocenters. The van der Waals surface area contributed by atoms with Crippen molar-refractivity contribution in [3.8, 4) is 11.8 Å². The van der Waals surface area contributed by atoms with E-state index in [2.05, 4.69) is 11.8 Å². The molecule has 4 nitrogen and oxygen atoms in total. The van der Waals surface area contributed by atoms with E-state index in [0.29, 0.717) is 12.8 Å². The summed E-state index contributed by atoms with van der Waals surface area (Å²) >= 11 is 0. The number of carbonyl (C=O) groups is 1. The molecular weight excluding hydrogens is 278 g/mol. The molecule has 0 heterocycles. The van der Waals surface area contributed by atoms with E-state index in [1.807, 2.05) is 52.0 Å². The van der Waals surface area contributed by atoms with Crippen molar-refractivity contribution in [3.05, 3.63) is 35.4 Å². The van der Waals surface area contributed by atoms with Gasteiger partial charge in [-0.2, -0.15) is 0 Å². The predicted molar refractivity (Wildman–Crippen MR) is 87.1 cm³/mol. The molecule has 0 bridgehead atoms. The zero-order valence-electron chi connectivity index (χ0n) is 13.8. The van der Waals surface area contributed by atoms with Crippen LogP contribution in [0.2, 0.25) is 0 Å². The summed E-state index contributed by atoms with van der Waals surface area (Å²) < 4.78 is 5.44. The van der Waals surface area contributed by atoms with Gasteiger partial charge in [0.25, 0.3) is 0 Å². The van der Waals surface area contributed by atoms with E-state index in [4.69, 9.17) is 15.6 Å². The summed E-state index contributed by atoms with van der Waals surface area (Å²) in [5.74, 6) is 6.08. The van der Waals surface area contributed by atoms with Crippen molar-refractivity contribution in [2.24, 2.45) is 11.1 Å². The number of hydrogen-bond donors (Lipinski definition) is 2. The van der Waals surface area contributed by atoms with Crippen LogP contribution in [0.25, 0.3) is 0 Å². The first-order valence-corrected chi connectivity index (χ1v) is 7.39. The fourth-order valence-corrected chi connectivity index (χ4v) is 2.07. The number of rotatable bonds is 4. The number of hydrogen-bond acceptors (Lipinski definition) is 3. The molecule has 22 heavy (non-hydrogen) atoms. The number of ether oxygens (including phenoxy) is 1. The summed E-state index contributed by atoms with van der Waals surface area (Å²) in [5.41, 5.74) is 5.78. The van der Waals surface area contributed by atoms with Crippen molar-refractivity contribution in [1.82, 2.24) is 0 Å². The summed E-state index contributed by atoms with van der Waals surface area (Å²) in [4.78, 5) is 11.3. The van der Waals surface area contributed by atoms with Crippen molar-refractivity contribution >= 4 is 6.09 Å². The van der Waals surface area contributed by atoms with Gasteiger partial charge in [0.15, 0.2) is 0 Å². The van der Waals surface area contributed by atoms with E-state index in [9.17, 15) is 4.79 Å². The van der Waals surface area contributed by atoms with Crippen molar-refractivity contribution in [2.75, 3.05) is 6.61 Å². The SMILES string of the molecule is CC(C)(C)C(C)(OC(N)=O)c1cccc(C#CCCCO)c1. The summed E-state index contributed by atoms with van der Waals surface area (Å²) in [6.45, 7) is 7.99. The number of carbonyl (C=O) groups excluding carboxylic acids is 1. The minimum atomic E-state index is -0.846. The Balaban J connectivity index is 3.16. The van der Waals surface area contributed by atoms with Crippen LogP contribution in [0, 0.1) is 17.3 Å². The Labute approximate surface area is 132 Å². The van der Waals surface area contributed by atoms with Gasteiger partial charge in [-0.25, -0.2) is 4.79 Å². The van der Waals surface area contributed by atoms with E-state index >= 15 is 0 Å². The Bertz CT molecular complexity index is 578. The molecule has 0 aromatic heterocycles. The molecule has 0 aliphatic rings. The quantitative estimate of drug-likeness (QED) is 0.663. The molecule has 3 N–H and O–H groups in total. The maximum absolute atomic E-state index is 11.3. The molecule has 1 aromatic rings. The summed E-state index contributed by atoms with van der Waals surface area (Å²) in [7, 11) is 0. The summed E-state index contributed by atoms with van der Waals surface area (Å²) in [6, 6.07) is 7.62. The van der Waals surface area contributed by atoms with Crippen LogP contribution >= 0.6 is 0 Å². The van der Waals surface area contributed by atoms with Gasteiger partial charge in [0.05, 0.1) is 0 Å². The van der Waals surface area contributed by atoms with E-state index in [1.165, 1.54) is 0 Å². The molecule has 0 aliphatic carbocycles. The molecule has 0 spiro atoms. The third-order valence-electron chi connectivity index (χ3n) is 3.84. The lowest BCUT2D eigenvalue weighted by Gasteiger charge is -2.41. The number of nitrogens with two attached hydrogens (primary N) is 1. The lowest BCUT2D eigenvalue weighted by molar-refractivity contribution is -0.0559. The largest absolute Gasteiger partial charge is 0.438 e. The molecule has 120 valence electrons. The van der Waals surface area contributed by atoms with Gasteiger partial charge in [0.1, 0.15) is 5.60 Å². The summed E-state index contributed by atoms with van der Waals surface area (Å²) in [6.07, 6.45) is 0.517. The lowest BCUT2D eigenvalue weighted by Crippen LogP contribution is -2.43. The van der Waals surface area contributed by atoms with Crippen molar-refractivity contribution < 1.29 is 14.6 Å². The lowest BCUT2D eigenvalue weighted by atomic mass is 9.73. The Morgan fingerprint density at radius 3 is 2.55 bits per heavy atom. The highest BCUT2D eigenvalue weighted by Crippen LogP contribution is 2.42. The highest BCUT2D eigenvalue weighted by atomic mass is 16.6. The average molecular weight is 303 g/mol. The molecule has 1 aromatic carbocycles. The van der Waals surface area contributed by atoms with Crippen LogP contribution < -0.4 is 5.73 Å². The van der Waals surface area contributed by atoms with Crippen molar-refractivity contribution in [1.29, 1.82) is 0 Å². The molecule has 0 fully saturated rings. The van der Waals surface area contributed by atoms with Crippen molar-refractivity contribution in [2.45, 2.75) is 46.1 Å². The van der Waals surface area contributed by atoms with Gasteiger partial charge in [-0.1, -0.05) is 44.7 Å². The second kappa shape index (κ2) is 7.33. The van der Waals surface area contributed by atoms with Crippen LogP contribution in [-0.4, -0.2) is 17.8 Å². The molecule has 4 heteroatoms. The first-order valence-electron chi connectivity index (χ1n) is 7.39.